The molecule has 1 atom stereocenters. The molecule has 2 aromatic carbocycles. The molecule has 1 fully saturated rings. The molecular weight excluding hydrogens is 224 g/mol. The lowest BCUT2D eigenvalue weighted by Gasteiger charge is -2.15. The minimum atomic E-state index is -0.0945. The first-order valence-corrected chi connectivity index (χ1v) is 6.31. The largest absolute Gasteiger partial charge is 0.464 e. The molecule has 18 heavy (non-hydrogen) atoms. The lowest BCUT2D eigenvalue weighted by molar-refractivity contribution is -0.0381. The molecule has 0 N–H and O–H groups in total. The van der Waals surface area contributed by atoms with E-state index in [0.29, 0.717) is 0 Å². The average Bonchev–Trinajstić information content (AvgIpc) is 2.92. The number of fused-ring (bicyclic) bond motifs is 1. The Morgan fingerprint density at radius 1 is 1.17 bits per heavy atom. The standard InChI is InChI=1S/C16H16O2/c1-2-12-9-10-15(18-16-8-5-11-17-16)14-7-4-3-6-13(12)14/h2-4,6-7,9-10,16H,1,5,8,11H2. The van der Waals surface area contributed by atoms with E-state index in [9.17, 15) is 0 Å². The van der Waals surface area contributed by atoms with Gasteiger partial charge in [-0.25, -0.2) is 0 Å². The van der Waals surface area contributed by atoms with E-state index in [1.54, 1.807) is 0 Å². The molecule has 1 heterocycles. The summed E-state index contributed by atoms with van der Waals surface area (Å²) in [4.78, 5) is 0. The molecule has 0 aromatic heterocycles. The number of rotatable bonds is 3. The first-order valence-electron chi connectivity index (χ1n) is 6.31. The molecule has 1 aliphatic heterocycles. The smallest absolute Gasteiger partial charge is 0.199 e. The second-order valence-corrected chi connectivity index (χ2v) is 4.46. The number of benzene rings is 2. The normalized spacial score (nSPS) is 19.0. The quantitative estimate of drug-likeness (QED) is 0.807. The Morgan fingerprint density at radius 2 is 2.00 bits per heavy atom. The zero-order chi connectivity index (χ0) is 12.4. The molecule has 1 saturated heterocycles. The van der Waals surface area contributed by atoms with Crippen molar-refractivity contribution in [2.24, 2.45) is 0 Å². The molecule has 0 bridgehead atoms. The molecule has 2 heteroatoms. The van der Waals surface area contributed by atoms with Gasteiger partial charge in [0, 0.05) is 11.8 Å². The topological polar surface area (TPSA) is 18.5 Å². The summed E-state index contributed by atoms with van der Waals surface area (Å²) in [5, 5.41) is 2.29. The SMILES string of the molecule is C=Cc1ccc(OC2CCCO2)c2ccccc12. The Hall–Kier alpha value is -1.80. The minimum absolute atomic E-state index is 0.0945. The van der Waals surface area contributed by atoms with Crippen LogP contribution in [0.25, 0.3) is 16.8 Å². The summed E-state index contributed by atoms with van der Waals surface area (Å²) in [6.45, 7) is 4.65. The zero-order valence-electron chi connectivity index (χ0n) is 10.3. The fraction of sp³-hybridized carbons (Fsp3) is 0.250. The second-order valence-electron chi connectivity index (χ2n) is 4.46. The zero-order valence-corrected chi connectivity index (χ0v) is 10.3. The molecule has 1 aliphatic rings. The Balaban J connectivity index is 2.03. The van der Waals surface area contributed by atoms with E-state index in [2.05, 4.69) is 18.7 Å². The molecule has 0 amide bonds. The summed E-state index contributed by atoms with van der Waals surface area (Å²) in [7, 11) is 0. The Bertz CT molecular complexity index is 568. The summed E-state index contributed by atoms with van der Waals surface area (Å²) < 4.78 is 11.5. The molecule has 1 unspecified atom stereocenters. The van der Waals surface area contributed by atoms with Gasteiger partial charge in [-0.3, -0.25) is 0 Å². The Kier molecular flexibility index (Phi) is 3.03. The van der Waals surface area contributed by atoms with Crippen LogP contribution in [0.15, 0.2) is 43.0 Å². The van der Waals surface area contributed by atoms with E-state index in [-0.39, 0.29) is 6.29 Å². The molecule has 2 aromatic rings. The molecule has 3 rings (SSSR count). The highest BCUT2D eigenvalue weighted by atomic mass is 16.7. The van der Waals surface area contributed by atoms with Gasteiger partial charge >= 0.3 is 0 Å². The van der Waals surface area contributed by atoms with Gasteiger partial charge in [0.25, 0.3) is 0 Å². The van der Waals surface area contributed by atoms with Crippen LogP contribution >= 0.6 is 0 Å². The van der Waals surface area contributed by atoms with Gasteiger partial charge in [0.15, 0.2) is 6.29 Å². The third-order valence-corrected chi connectivity index (χ3v) is 3.28. The van der Waals surface area contributed by atoms with Crippen molar-refractivity contribution in [3.05, 3.63) is 48.5 Å². The average molecular weight is 240 g/mol. The van der Waals surface area contributed by atoms with Gasteiger partial charge in [-0.1, -0.05) is 43.0 Å². The van der Waals surface area contributed by atoms with Crippen molar-refractivity contribution in [2.75, 3.05) is 6.61 Å². The van der Waals surface area contributed by atoms with Gasteiger partial charge in [0.2, 0.25) is 0 Å². The van der Waals surface area contributed by atoms with Crippen molar-refractivity contribution < 1.29 is 9.47 Å². The number of ether oxygens (including phenoxy) is 2. The predicted octanol–water partition coefficient (Wildman–Crippen LogP) is 4.00. The van der Waals surface area contributed by atoms with Crippen molar-refractivity contribution in [1.29, 1.82) is 0 Å². The van der Waals surface area contributed by atoms with E-state index in [1.807, 2.05) is 30.3 Å². The molecular formula is C16H16O2. The summed E-state index contributed by atoms with van der Waals surface area (Å²) in [5.74, 6) is 0.892. The van der Waals surface area contributed by atoms with Gasteiger partial charge in [0.05, 0.1) is 6.61 Å². The third-order valence-electron chi connectivity index (χ3n) is 3.28. The highest BCUT2D eigenvalue weighted by Crippen LogP contribution is 2.31. The van der Waals surface area contributed by atoms with Gasteiger partial charge in [-0.2, -0.15) is 0 Å². The van der Waals surface area contributed by atoms with E-state index in [1.165, 1.54) is 5.39 Å². The van der Waals surface area contributed by atoms with E-state index in [4.69, 9.17) is 9.47 Å². The summed E-state index contributed by atoms with van der Waals surface area (Å²) in [6, 6.07) is 12.3. The number of hydrogen-bond acceptors (Lipinski definition) is 2. The van der Waals surface area contributed by atoms with Gasteiger partial charge < -0.3 is 9.47 Å². The van der Waals surface area contributed by atoms with Crippen molar-refractivity contribution in [3.63, 3.8) is 0 Å². The molecule has 92 valence electrons. The van der Waals surface area contributed by atoms with Crippen LogP contribution in [0.2, 0.25) is 0 Å². The summed E-state index contributed by atoms with van der Waals surface area (Å²) in [5.41, 5.74) is 1.13. The predicted molar refractivity (Wildman–Crippen MR) is 73.6 cm³/mol. The van der Waals surface area contributed by atoms with Crippen LogP contribution in [0.3, 0.4) is 0 Å². The van der Waals surface area contributed by atoms with Crippen LogP contribution in [0.1, 0.15) is 18.4 Å². The lowest BCUT2D eigenvalue weighted by atomic mass is 10.0. The maximum atomic E-state index is 5.93. The van der Waals surface area contributed by atoms with Crippen LogP contribution in [-0.2, 0) is 4.74 Å². The van der Waals surface area contributed by atoms with Crippen LogP contribution in [0.4, 0.5) is 0 Å². The highest BCUT2D eigenvalue weighted by molar-refractivity contribution is 5.94. The first kappa shape index (κ1) is 11.3. The molecule has 0 saturated carbocycles. The van der Waals surface area contributed by atoms with Crippen molar-refractivity contribution >= 4 is 16.8 Å². The summed E-state index contributed by atoms with van der Waals surface area (Å²) in [6.07, 6.45) is 3.83. The van der Waals surface area contributed by atoms with Crippen LogP contribution in [-0.4, -0.2) is 12.9 Å². The second kappa shape index (κ2) is 4.83. The van der Waals surface area contributed by atoms with E-state index >= 15 is 0 Å². The van der Waals surface area contributed by atoms with Crippen LogP contribution in [0, 0.1) is 0 Å². The fourth-order valence-corrected chi connectivity index (χ4v) is 2.36. The van der Waals surface area contributed by atoms with Gasteiger partial charge in [0.1, 0.15) is 5.75 Å². The van der Waals surface area contributed by atoms with Crippen LogP contribution in [0.5, 0.6) is 5.75 Å². The first-order chi connectivity index (χ1) is 8.88. The molecule has 0 aliphatic carbocycles. The van der Waals surface area contributed by atoms with E-state index < -0.39 is 0 Å². The monoisotopic (exact) mass is 240 g/mol. The Labute approximate surface area is 107 Å². The van der Waals surface area contributed by atoms with Gasteiger partial charge in [-0.15, -0.1) is 0 Å². The molecule has 0 spiro atoms. The minimum Gasteiger partial charge on any atom is -0.464 e. The molecule has 0 radical (unpaired) electrons. The fourth-order valence-electron chi connectivity index (χ4n) is 2.36. The summed E-state index contributed by atoms with van der Waals surface area (Å²) >= 11 is 0. The lowest BCUT2D eigenvalue weighted by Crippen LogP contribution is -2.14. The maximum absolute atomic E-state index is 5.93. The van der Waals surface area contributed by atoms with E-state index in [0.717, 1.165) is 36.1 Å². The van der Waals surface area contributed by atoms with Crippen molar-refractivity contribution in [2.45, 2.75) is 19.1 Å². The Morgan fingerprint density at radius 3 is 2.72 bits per heavy atom. The number of hydrogen-bond donors (Lipinski definition) is 0. The highest BCUT2D eigenvalue weighted by Gasteiger charge is 2.18. The molecule has 2 nitrogen and oxygen atoms in total. The third kappa shape index (κ3) is 2.00. The van der Waals surface area contributed by atoms with Crippen molar-refractivity contribution in [3.8, 4) is 5.75 Å². The van der Waals surface area contributed by atoms with Crippen LogP contribution < -0.4 is 4.74 Å². The van der Waals surface area contributed by atoms with Crippen molar-refractivity contribution in [1.82, 2.24) is 0 Å². The maximum Gasteiger partial charge on any atom is 0.199 e. The van der Waals surface area contributed by atoms with Gasteiger partial charge in [-0.05, 0) is 23.4 Å².